The number of carbonyl (C=O) groups is 1. The van der Waals surface area contributed by atoms with Crippen LogP contribution in [0.4, 0.5) is 14.5 Å². The van der Waals surface area contributed by atoms with Crippen molar-refractivity contribution in [2.24, 2.45) is 0 Å². The van der Waals surface area contributed by atoms with Crippen LogP contribution >= 0.6 is 0 Å². The predicted molar refractivity (Wildman–Crippen MR) is 97.4 cm³/mol. The van der Waals surface area contributed by atoms with Gasteiger partial charge in [-0.1, -0.05) is 29.5 Å². The molecule has 0 fully saturated rings. The summed E-state index contributed by atoms with van der Waals surface area (Å²) in [6.07, 6.45) is 0. The fourth-order valence-corrected chi connectivity index (χ4v) is 2.75. The highest BCUT2D eigenvalue weighted by Gasteiger charge is 2.09. The van der Waals surface area contributed by atoms with E-state index in [1.807, 2.05) is 36.4 Å². The Morgan fingerprint density at radius 2 is 1.74 bits per heavy atom. The molecule has 1 N–H and O–H groups in total. The first-order chi connectivity index (χ1) is 13.1. The number of fused-ring (bicyclic) bond motifs is 1. The molecule has 134 valence electrons. The van der Waals surface area contributed by atoms with Crippen LogP contribution in [0.15, 0.2) is 66.7 Å². The minimum Gasteiger partial charge on any atom is -0.322 e. The number of hydrogen-bond acceptors (Lipinski definition) is 3. The molecule has 0 saturated carbocycles. The van der Waals surface area contributed by atoms with Gasteiger partial charge >= 0.3 is 0 Å². The number of para-hydroxylation sites is 1. The number of nitrogens with zero attached hydrogens (tertiary/aromatic N) is 3. The molecular weight excluding hydrogens is 350 g/mol. The summed E-state index contributed by atoms with van der Waals surface area (Å²) in [5.74, 6) is -2.38. The van der Waals surface area contributed by atoms with Crippen LogP contribution < -0.4 is 5.32 Å². The van der Waals surface area contributed by atoms with E-state index in [1.165, 1.54) is 6.07 Å². The molecule has 0 atom stereocenters. The zero-order chi connectivity index (χ0) is 18.8. The molecule has 7 heteroatoms. The van der Waals surface area contributed by atoms with Gasteiger partial charge in [-0.3, -0.25) is 4.79 Å². The highest BCUT2D eigenvalue weighted by molar-refractivity contribution is 6.04. The van der Waals surface area contributed by atoms with E-state index in [1.54, 1.807) is 16.8 Å². The van der Waals surface area contributed by atoms with Crippen LogP contribution in [0.5, 0.6) is 0 Å². The fourth-order valence-electron chi connectivity index (χ4n) is 2.75. The van der Waals surface area contributed by atoms with Gasteiger partial charge in [0.05, 0.1) is 12.1 Å². The van der Waals surface area contributed by atoms with Gasteiger partial charge < -0.3 is 5.32 Å². The highest BCUT2D eigenvalue weighted by Crippen LogP contribution is 2.16. The van der Waals surface area contributed by atoms with E-state index in [-0.39, 0.29) is 5.69 Å². The number of nitrogens with one attached hydrogen (secondary N) is 1. The summed E-state index contributed by atoms with van der Waals surface area (Å²) < 4.78 is 28.0. The second-order valence-corrected chi connectivity index (χ2v) is 6.02. The summed E-state index contributed by atoms with van der Waals surface area (Å²) in [4.78, 5) is 12.3. The molecule has 0 radical (unpaired) electrons. The smallest absolute Gasteiger partial charge is 0.255 e. The third-order valence-electron chi connectivity index (χ3n) is 4.15. The van der Waals surface area contributed by atoms with E-state index < -0.39 is 17.5 Å². The Labute approximate surface area is 153 Å². The molecule has 0 aliphatic heterocycles. The predicted octanol–water partition coefficient (Wildman–Crippen LogP) is 4.01. The molecular formula is C20H14F2N4O. The summed E-state index contributed by atoms with van der Waals surface area (Å²) in [6.45, 7) is 0.519. The Kier molecular flexibility index (Phi) is 4.33. The maximum Gasteiger partial charge on any atom is 0.255 e. The molecule has 1 aromatic heterocycles. The second kappa shape index (κ2) is 6.95. The van der Waals surface area contributed by atoms with E-state index in [4.69, 9.17) is 0 Å². The van der Waals surface area contributed by atoms with Gasteiger partial charge in [0.2, 0.25) is 0 Å². The van der Waals surface area contributed by atoms with Gasteiger partial charge in [0.25, 0.3) is 5.91 Å². The summed E-state index contributed by atoms with van der Waals surface area (Å²) in [6, 6.07) is 17.9. The van der Waals surface area contributed by atoms with Crippen LogP contribution in [0, 0.1) is 11.6 Å². The Hall–Kier alpha value is -3.61. The average molecular weight is 364 g/mol. The van der Waals surface area contributed by atoms with E-state index in [2.05, 4.69) is 15.6 Å². The van der Waals surface area contributed by atoms with Gasteiger partial charge in [-0.15, -0.1) is 5.10 Å². The number of rotatable bonds is 4. The number of carbonyl (C=O) groups excluding carboxylic acids is 1. The summed E-state index contributed by atoms with van der Waals surface area (Å²) in [5.41, 5.74) is 3.30. The average Bonchev–Trinajstić information content (AvgIpc) is 3.08. The molecule has 0 aliphatic rings. The summed E-state index contributed by atoms with van der Waals surface area (Å²) in [7, 11) is 0. The lowest BCUT2D eigenvalue weighted by molar-refractivity contribution is 0.102. The second-order valence-electron chi connectivity index (χ2n) is 6.02. The van der Waals surface area contributed by atoms with Crippen molar-refractivity contribution in [3.63, 3.8) is 0 Å². The highest BCUT2D eigenvalue weighted by atomic mass is 19.2. The lowest BCUT2D eigenvalue weighted by Gasteiger charge is -2.07. The van der Waals surface area contributed by atoms with Gasteiger partial charge in [-0.05, 0) is 42.0 Å². The van der Waals surface area contributed by atoms with Crippen LogP contribution in [0.25, 0.3) is 11.0 Å². The Bertz CT molecular complexity index is 1120. The van der Waals surface area contributed by atoms with Crippen molar-refractivity contribution in [2.75, 3.05) is 5.32 Å². The van der Waals surface area contributed by atoms with Gasteiger partial charge in [0, 0.05) is 17.3 Å². The number of hydrogen-bond donors (Lipinski definition) is 1. The molecule has 3 aromatic carbocycles. The van der Waals surface area contributed by atoms with E-state index in [9.17, 15) is 13.6 Å². The lowest BCUT2D eigenvalue weighted by atomic mass is 10.1. The molecule has 4 rings (SSSR count). The number of benzene rings is 3. The minimum absolute atomic E-state index is 0.192. The van der Waals surface area contributed by atoms with Crippen molar-refractivity contribution < 1.29 is 13.6 Å². The number of anilines is 1. The van der Waals surface area contributed by atoms with Crippen LogP contribution in [0.1, 0.15) is 15.9 Å². The molecule has 5 nitrogen and oxygen atoms in total. The van der Waals surface area contributed by atoms with Crippen LogP contribution in [-0.4, -0.2) is 20.9 Å². The van der Waals surface area contributed by atoms with Crippen LogP contribution in [0.2, 0.25) is 0 Å². The largest absolute Gasteiger partial charge is 0.322 e. The molecule has 1 amide bonds. The van der Waals surface area contributed by atoms with Gasteiger partial charge in [0.1, 0.15) is 5.52 Å². The zero-order valence-electron chi connectivity index (χ0n) is 14.1. The summed E-state index contributed by atoms with van der Waals surface area (Å²) >= 11 is 0. The number of aromatic nitrogens is 3. The molecule has 0 saturated heterocycles. The number of amides is 1. The molecule has 27 heavy (non-hydrogen) atoms. The van der Waals surface area contributed by atoms with Gasteiger partial charge in [-0.2, -0.15) is 0 Å². The van der Waals surface area contributed by atoms with E-state index in [0.29, 0.717) is 12.1 Å². The molecule has 0 spiro atoms. The SMILES string of the molecule is O=C(Nc1ccc(F)c(F)c1)c1ccc(Cn2nnc3ccccc32)cc1. The first kappa shape index (κ1) is 16.8. The fraction of sp³-hybridized carbons (Fsp3) is 0.0500. The number of halogens is 2. The van der Waals surface area contributed by atoms with E-state index in [0.717, 1.165) is 28.7 Å². The van der Waals surface area contributed by atoms with Gasteiger partial charge in [0.15, 0.2) is 11.6 Å². The first-order valence-corrected chi connectivity index (χ1v) is 8.24. The van der Waals surface area contributed by atoms with Crippen LogP contribution in [-0.2, 0) is 6.54 Å². The summed E-state index contributed by atoms with van der Waals surface area (Å²) in [5, 5.41) is 10.8. The van der Waals surface area contributed by atoms with Crippen molar-refractivity contribution in [1.29, 1.82) is 0 Å². The van der Waals surface area contributed by atoms with E-state index >= 15 is 0 Å². The molecule has 1 heterocycles. The minimum atomic E-state index is -1.01. The van der Waals surface area contributed by atoms with Crippen molar-refractivity contribution in [1.82, 2.24) is 15.0 Å². The Balaban J connectivity index is 1.48. The normalized spacial score (nSPS) is 10.9. The quantitative estimate of drug-likeness (QED) is 0.595. The van der Waals surface area contributed by atoms with Crippen molar-refractivity contribution >= 4 is 22.6 Å². The lowest BCUT2D eigenvalue weighted by Crippen LogP contribution is -2.12. The first-order valence-electron chi connectivity index (χ1n) is 8.24. The molecule has 0 bridgehead atoms. The zero-order valence-corrected chi connectivity index (χ0v) is 14.1. The Morgan fingerprint density at radius 3 is 2.52 bits per heavy atom. The topological polar surface area (TPSA) is 59.8 Å². The standard InChI is InChI=1S/C20H14F2N4O/c21-16-10-9-15(11-17(16)22)23-20(27)14-7-5-13(6-8-14)12-26-19-4-2-1-3-18(19)24-25-26/h1-11H,12H2,(H,23,27). The van der Waals surface area contributed by atoms with Gasteiger partial charge in [-0.25, -0.2) is 13.5 Å². The van der Waals surface area contributed by atoms with Crippen LogP contribution in [0.3, 0.4) is 0 Å². The van der Waals surface area contributed by atoms with Crippen molar-refractivity contribution in [3.05, 3.63) is 89.5 Å². The Morgan fingerprint density at radius 1 is 0.963 bits per heavy atom. The maximum absolute atomic E-state index is 13.2. The third-order valence-corrected chi connectivity index (χ3v) is 4.15. The monoisotopic (exact) mass is 364 g/mol. The molecule has 0 unspecified atom stereocenters. The molecule has 0 aliphatic carbocycles. The third kappa shape index (κ3) is 3.52. The van der Waals surface area contributed by atoms with Crippen molar-refractivity contribution in [2.45, 2.75) is 6.54 Å². The maximum atomic E-state index is 13.2. The van der Waals surface area contributed by atoms with Crippen molar-refractivity contribution in [3.8, 4) is 0 Å². The molecule has 4 aromatic rings.